The number of amidine groups is 1. The summed E-state index contributed by atoms with van der Waals surface area (Å²) in [5.74, 6) is 0.209. The molecule has 0 aromatic heterocycles. The van der Waals surface area contributed by atoms with Gasteiger partial charge in [-0.3, -0.25) is 4.79 Å². The molecule has 0 aliphatic heterocycles. The molecule has 0 saturated heterocycles. The predicted molar refractivity (Wildman–Crippen MR) is 73.5 cm³/mol. The third kappa shape index (κ3) is 4.55. The fraction of sp³-hybridized carbons (Fsp3) is 0.846. The van der Waals surface area contributed by atoms with E-state index in [9.17, 15) is 4.79 Å². The summed E-state index contributed by atoms with van der Waals surface area (Å²) in [6, 6.07) is 0. The standard InChI is InChI=1S/C13H27N3O2/c1-7-13(6,11(14)16-18)15-10(17)8-9(2)12(3,4)5/h9,18H,7-8H2,1-6H3,(H2,14,16)(H,15,17). The van der Waals surface area contributed by atoms with Crippen LogP contribution in [0.4, 0.5) is 0 Å². The van der Waals surface area contributed by atoms with Crippen molar-refractivity contribution in [2.75, 3.05) is 0 Å². The van der Waals surface area contributed by atoms with Crippen molar-refractivity contribution in [3.8, 4) is 0 Å². The number of hydrogen-bond acceptors (Lipinski definition) is 3. The van der Waals surface area contributed by atoms with Gasteiger partial charge in [0.1, 0.15) is 0 Å². The van der Waals surface area contributed by atoms with Gasteiger partial charge in [-0.1, -0.05) is 39.8 Å². The van der Waals surface area contributed by atoms with Gasteiger partial charge in [0.15, 0.2) is 5.84 Å². The van der Waals surface area contributed by atoms with Crippen molar-refractivity contribution in [1.29, 1.82) is 0 Å². The highest BCUT2D eigenvalue weighted by molar-refractivity contribution is 5.93. The first-order chi connectivity index (χ1) is 8.06. The van der Waals surface area contributed by atoms with E-state index in [-0.39, 0.29) is 23.1 Å². The first-order valence-corrected chi connectivity index (χ1v) is 6.35. The van der Waals surface area contributed by atoms with E-state index in [0.29, 0.717) is 12.8 Å². The number of nitrogens with zero attached hydrogens (tertiary/aromatic N) is 1. The Labute approximate surface area is 110 Å². The van der Waals surface area contributed by atoms with Crippen molar-refractivity contribution in [1.82, 2.24) is 5.32 Å². The molecule has 0 fully saturated rings. The summed E-state index contributed by atoms with van der Waals surface area (Å²) in [5.41, 5.74) is 4.90. The van der Waals surface area contributed by atoms with Crippen LogP contribution in [0.15, 0.2) is 5.16 Å². The Bertz CT molecular complexity index is 321. The number of rotatable bonds is 5. The van der Waals surface area contributed by atoms with E-state index in [1.807, 2.05) is 13.8 Å². The molecule has 5 heteroatoms. The van der Waals surface area contributed by atoms with Gasteiger partial charge in [-0.15, -0.1) is 0 Å². The smallest absolute Gasteiger partial charge is 0.221 e. The Morgan fingerprint density at radius 1 is 1.39 bits per heavy atom. The zero-order valence-corrected chi connectivity index (χ0v) is 12.4. The van der Waals surface area contributed by atoms with E-state index in [4.69, 9.17) is 10.9 Å². The summed E-state index contributed by atoms with van der Waals surface area (Å²) in [7, 11) is 0. The van der Waals surface area contributed by atoms with Gasteiger partial charge in [0.2, 0.25) is 5.91 Å². The van der Waals surface area contributed by atoms with E-state index >= 15 is 0 Å². The SMILES string of the molecule is CCC(C)(NC(=O)CC(C)C(C)(C)C)C(N)=NO. The van der Waals surface area contributed by atoms with E-state index in [1.165, 1.54) is 0 Å². The van der Waals surface area contributed by atoms with Crippen molar-refractivity contribution >= 4 is 11.7 Å². The molecule has 0 aliphatic carbocycles. The Morgan fingerprint density at radius 2 is 1.89 bits per heavy atom. The van der Waals surface area contributed by atoms with Gasteiger partial charge in [0.25, 0.3) is 0 Å². The summed E-state index contributed by atoms with van der Waals surface area (Å²) in [6.45, 7) is 12.0. The molecule has 5 nitrogen and oxygen atoms in total. The van der Waals surface area contributed by atoms with Gasteiger partial charge >= 0.3 is 0 Å². The summed E-state index contributed by atoms with van der Waals surface area (Å²) in [4.78, 5) is 12.0. The lowest BCUT2D eigenvalue weighted by Gasteiger charge is -2.31. The van der Waals surface area contributed by atoms with Crippen LogP contribution in [0.1, 0.15) is 54.4 Å². The van der Waals surface area contributed by atoms with Gasteiger partial charge in [0, 0.05) is 6.42 Å². The highest BCUT2D eigenvalue weighted by Gasteiger charge is 2.31. The van der Waals surface area contributed by atoms with E-state index in [2.05, 4.69) is 31.2 Å². The molecule has 18 heavy (non-hydrogen) atoms. The van der Waals surface area contributed by atoms with E-state index < -0.39 is 5.54 Å². The summed E-state index contributed by atoms with van der Waals surface area (Å²) in [6.07, 6.45) is 0.996. The molecule has 0 heterocycles. The molecule has 1 amide bonds. The molecule has 0 aromatic rings. The maximum absolute atomic E-state index is 12.0. The van der Waals surface area contributed by atoms with E-state index in [1.54, 1.807) is 6.92 Å². The van der Waals surface area contributed by atoms with Gasteiger partial charge in [-0.2, -0.15) is 0 Å². The fourth-order valence-corrected chi connectivity index (χ4v) is 1.39. The third-order valence-electron chi connectivity index (χ3n) is 3.77. The Morgan fingerprint density at radius 3 is 2.22 bits per heavy atom. The third-order valence-corrected chi connectivity index (χ3v) is 3.77. The van der Waals surface area contributed by atoms with Gasteiger partial charge in [-0.05, 0) is 24.7 Å². The molecule has 0 radical (unpaired) electrons. The van der Waals surface area contributed by atoms with Crippen LogP contribution in [0.5, 0.6) is 0 Å². The zero-order chi connectivity index (χ0) is 14.6. The Kier molecular flexibility index (Phi) is 5.64. The molecule has 0 bridgehead atoms. The largest absolute Gasteiger partial charge is 0.409 e. The van der Waals surface area contributed by atoms with Crippen molar-refractivity contribution in [3.63, 3.8) is 0 Å². The van der Waals surface area contributed by atoms with Gasteiger partial charge < -0.3 is 16.3 Å². The van der Waals surface area contributed by atoms with E-state index in [0.717, 1.165) is 0 Å². The minimum Gasteiger partial charge on any atom is -0.409 e. The number of amides is 1. The Hall–Kier alpha value is -1.26. The summed E-state index contributed by atoms with van der Waals surface area (Å²) >= 11 is 0. The number of nitrogens with two attached hydrogens (primary N) is 1. The number of carbonyl (C=O) groups excluding carboxylic acids is 1. The summed E-state index contributed by atoms with van der Waals surface area (Å²) in [5, 5.41) is 14.6. The minimum atomic E-state index is -0.788. The average molecular weight is 257 g/mol. The molecule has 106 valence electrons. The second-order valence-corrected chi connectivity index (χ2v) is 6.19. The van der Waals surface area contributed by atoms with Crippen molar-refractivity contribution in [3.05, 3.63) is 0 Å². The summed E-state index contributed by atoms with van der Waals surface area (Å²) < 4.78 is 0. The molecule has 0 aliphatic rings. The molecular weight excluding hydrogens is 230 g/mol. The monoisotopic (exact) mass is 257 g/mol. The van der Waals surface area contributed by atoms with Crippen molar-refractivity contribution < 1.29 is 10.0 Å². The maximum Gasteiger partial charge on any atom is 0.221 e. The molecule has 0 rings (SSSR count). The molecule has 2 atom stereocenters. The van der Waals surface area contributed by atoms with Crippen molar-refractivity contribution in [2.45, 2.75) is 59.9 Å². The van der Waals surface area contributed by atoms with Crippen LogP contribution in [0, 0.1) is 11.3 Å². The number of oxime groups is 1. The van der Waals surface area contributed by atoms with Crippen LogP contribution in [-0.4, -0.2) is 22.5 Å². The zero-order valence-electron chi connectivity index (χ0n) is 12.4. The highest BCUT2D eigenvalue weighted by Crippen LogP contribution is 2.28. The fourth-order valence-electron chi connectivity index (χ4n) is 1.39. The lowest BCUT2D eigenvalue weighted by atomic mass is 9.80. The highest BCUT2D eigenvalue weighted by atomic mass is 16.4. The van der Waals surface area contributed by atoms with Crippen molar-refractivity contribution in [2.24, 2.45) is 22.2 Å². The van der Waals surface area contributed by atoms with Crippen LogP contribution < -0.4 is 11.1 Å². The van der Waals surface area contributed by atoms with Crippen LogP contribution in [0.2, 0.25) is 0 Å². The lowest BCUT2D eigenvalue weighted by Crippen LogP contribution is -2.55. The normalized spacial score (nSPS) is 18.0. The molecule has 0 saturated carbocycles. The van der Waals surface area contributed by atoms with Crippen LogP contribution in [-0.2, 0) is 4.79 Å². The second-order valence-electron chi connectivity index (χ2n) is 6.19. The minimum absolute atomic E-state index is 0.0294. The number of carbonyl (C=O) groups is 1. The predicted octanol–water partition coefficient (Wildman–Crippen LogP) is 2.09. The topological polar surface area (TPSA) is 87.7 Å². The van der Waals surface area contributed by atoms with Crippen LogP contribution in [0.25, 0.3) is 0 Å². The maximum atomic E-state index is 12.0. The van der Waals surface area contributed by atoms with Gasteiger partial charge in [-0.25, -0.2) is 0 Å². The molecular formula is C13H27N3O2. The van der Waals surface area contributed by atoms with Gasteiger partial charge in [0.05, 0.1) is 5.54 Å². The molecule has 0 aromatic carbocycles. The second kappa shape index (κ2) is 6.07. The molecule has 4 N–H and O–H groups in total. The molecule has 2 unspecified atom stereocenters. The van der Waals surface area contributed by atoms with Crippen LogP contribution in [0.3, 0.4) is 0 Å². The first kappa shape index (κ1) is 16.7. The first-order valence-electron chi connectivity index (χ1n) is 6.35. The number of nitrogens with one attached hydrogen (secondary N) is 1. The average Bonchev–Trinajstić information content (AvgIpc) is 2.26. The Balaban J connectivity index is 4.66. The lowest BCUT2D eigenvalue weighted by molar-refractivity contribution is -0.123. The number of hydrogen-bond donors (Lipinski definition) is 3. The molecule has 0 spiro atoms. The quantitative estimate of drug-likeness (QED) is 0.305. The van der Waals surface area contributed by atoms with Crippen LogP contribution >= 0.6 is 0 Å².